The second-order valence-electron chi connectivity index (χ2n) is 6.94. The van der Waals surface area contributed by atoms with Crippen LogP contribution in [-0.2, 0) is 11.2 Å². The Bertz CT molecular complexity index is 993. The Labute approximate surface area is 163 Å². The highest BCUT2D eigenvalue weighted by molar-refractivity contribution is 5.80. The van der Waals surface area contributed by atoms with Gasteiger partial charge in [0, 0.05) is 18.3 Å². The van der Waals surface area contributed by atoms with Gasteiger partial charge in [0.05, 0.1) is 18.2 Å². The van der Waals surface area contributed by atoms with Crippen LogP contribution in [0.5, 0.6) is 0 Å². The fourth-order valence-electron chi connectivity index (χ4n) is 3.76. The molecule has 1 aliphatic rings. The van der Waals surface area contributed by atoms with E-state index in [0.29, 0.717) is 29.8 Å². The van der Waals surface area contributed by atoms with Gasteiger partial charge in [-0.15, -0.1) is 0 Å². The van der Waals surface area contributed by atoms with Crippen LogP contribution < -0.4 is 5.73 Å². The minimum atomic E-state index is -0.330. The number of carbonyl (C=O) groups excluding carboxylic acids is 1. The predicted octanol–water partition coefficient (Wildman–Crippen LogP) is 3.77. The number of carbonyl (C=O) groups is 1. The number of halogens is 1. The monoisotopic (exact) mass is 376 g/mol. The third-order valence-corrected chi connectivity index (χ3v) is 5.06. The molecule has 142 valence electrons. The second-order valence-corrected chi connectivity index (χ2v) is 6.94. The molecular formula is C22H21FN4O. The van der Waals surface area contributed by atoms with Gasteiger partial charge >= 0.3 is 0 Å². The van der Waals surface area contributed by atoms with E-state index in [1.54, 1.807) is 12.3 Å². The molecule has 0 spiro atoms. The van der Waals surface area contributed by atoms with E-state index >= 15 is 0 Å². The Balaban J connectivity index is 1.67. The molecule has 1 aliphatic heterocycles. The summed E-state index contributed by atoms with van der Waals surface area (Å²) >= 11 is 0. The minimum Gasteiger partial charge on any atom is -0.368 e. The van der Waals surface area contributed by atoms with Crippen LogP contribution in [0, 0.1) is 5.82 Å². The topological polar surface area (TPSA) is 72.1 Å². The predicted molar refractivity (Wildman–Crippen MR) is 106 cm³/mol. The number of anilines is 1. The van der Waals surface area contributed by atoms with Crippen molar-refractivity contribution < 1.29 is 9.18 Å². The summed E-state index contributed by atoms with van der Waals surface area (Å²) in [4.78, 5) is 23.4. The highest BCUT2D eigenvalue weighted by Gasteiger charge is 2.33. The molecule has 28 heavy (non-hydrogen) atoms. The Kier molecular flexibility index (Phi) is 5.02. The summed E-state index contributed by atoms with van der Waals surface area (Å²) in [5.74, 6) is -0.128. The highest BCUT2D eigenvalue weighted by atomic mass is 19.1. The summed E-state index contributed by atoms with van der Waals surface area (Å²) in [6.45, 7) is 0.669. The lowest BCUT2D eigenvalue weighted by atomic mass is 9.99. The summed E-state index contributed by atoms with van der Waals surface area (Å²) < 4.78 is 13.8. The number of hydrogen-bond donors (Lipinski definition) is 1. The van der Waals surface area contributed by atoms with Gasteiger partial charge in [-0.1, -0.05) is 42.5 Å². The van der Waals surface area contributed by atoms with Crippen LogP contribution in [0.25, 0.3) is 11.1 Å². The molecule has 2 heterocycles. The fourth-order valence-corrected chi connectivity index (χ4v) is 3.76. The standard InChI is InChI=1S/C22H21FN4O/c23-17-9-4-8-16(13-17)18-14-25-22(24)26-21(18)19-10-5-11-27(19)20(28)12-15-6-2-1-3-7-15/h1-4,6-9,13-14,19H,5,10-12H2,(H2,24,25,26)/t19-/m0/s1. The van der Waals surface area contributed by atoms with Gasteiger partial charge in [0.1, 0.15) is 5.82 Å². The normalized spacial score (nSPS) is 16.3. The van der Waals surface area contributed by atoms with Crippen LogP contribution >= 0.6 is 0 Å². The number of hydrogen-bond acceptors (Lipinski definition) is 4. The number of nitrogen functional groups attached to an aromatic ring is 1. The lowest BCUT2D eigenvalue weighted by Crippen LogP contribution is -2.32. The molecule has 1 fully saturated rings. The summed E-state index contributed by atoms with van der Waals surface area (Å²) in [7, 11) is 0. The van der Waals surface area contributed by atoms with Gasteiger partial charge in [-0.05, 0) is 36.1 Å². The number of rotatable bonds is 4. The fraction of sp³-hybridized carbons (Fsp3) is 0.227. The quantitative estimate of drug-likeness (QED) is 0.752. The number of nitrogens with two attached hydrogens (primary N) is 1. The third kappa shape index (κ3) is 3.71. The summed E-state index contributed by atoms with van der Waals surface area (Å²) in [6, 6.07) is 15.8. The second kappa shape index (κ2) is 7.76. The van der Waals surface area contributed by atoms with Gasteiger partial charge in [-0.25, -0.2) is 14.4 Å². The first-order valence-corrected chi connectivity index (χ1v) is 9.33. The zero-order chi connectivity index (χ0) is 19.5. The largest absolute Gasteiger partial charge is 0.368 e. The van der Waals surface area contributed by atoms with E-state index in [4.69, 9.17) is 5.73 Å². The van der Waals surface area contributed by atoms with E-state index in [1.807, 2.05) is 41.3 Å². The van der Waals surface area contributed by atoms with Crippen molar-refractivity contribution in [1.82, 2.24) is 14.9 Å². The number of benzene rings is 2. The van der Waals surface area contributed by atoms with Gasteiger partial charge in [-0.2, -0.15) is 0 Å². The molecule has 1 atom stereocenters. The van der Waals surface area contributed by atoms with Gasteiger partial charge < -0.3 is 10.6 Å². The summed E-state index contributed by atoms with van der Waals surface area (Å²) in [6.07, 6.45) is 3.63. The Morgan fingerprint density at radius 2 is 2.00 bits per heavy atom. The van der Waals surface area contributed by atoms with Crippen LogP contribution in [0.1, 0.15) is 30.1 Å². The number of likely N-dealkylation sites (tertiary alicyclic amines) is 1. The van der Waals surface area contributed by atoms with Crippen molar-refractivity contribution in [2.24, 2.45) is 0 Å². The molecule has 1 aromatic heterocycles. The first-order valence-electron chi connectivity index (χ1n) is 9.33. The molecule has 0 bridgehead atoms. The van der Waals surface area contributed by atoms with Crippen LogP contribution in [0.4, 0.5) is 10.3 Å². The number of nitrogens with zero attached hydrogens (tertiary/aromatic N) is 3. The van der Waals surface area contributed by atoms with Crippen molar-refractivity contribution in [2.45, 2.75) is 25.3 Å². The molecule has 0 aliphatic carbocycles. The average molecular weight is 376 g/mol. The van der Waals surface area contributed by atoms with Gasteiger partial charge in [0.15, 0.2) is 0 Å². The van der Waals surface area contributed by atoms with Crippen molar-refractivity contribution in [1.29, 1.82) is 0 Å². The van der Waals surface area contributed by atoms with E-state index < -0.39 is 0 Å². The van der Waals surface area contributed by atoms with Crippen LogP contribution in [0.3, 0.4) is 0 Å². The summed E-state index contributed by atoms with van der Waals surface area (Å²) in [5, 5.41) is 0. The van der Waals surface area contributed by atoms with Crippen molar-refractivity contribution >= 4 is 11.9 Å². The first-order chi connectivity index (χ1) is 13.6. The molecule has 0 radical (unpaired) electrons. The van der Waals surface area contributed by atoms with Crippen molar-refractivity contribution in [3.8, 4) is 11.1 Å². The lowest BCUT2D eigenvalue weighted by Gasteiger charge is -2.26. The Hall–Kier alpha value is -3.28. The van der Waals surface area contributed by atoms with E-state index in [-0.39, 0.29) is 23.7 Å². The van der Waals surface area contributed by atoms with E-state index in [9.17, 15) is 9.18 Å². The smallest absolute Gasteiger partial charge is 0.227 e. The van der Waals surface area contributed by atoms with Gasteiger partial charge in [0.25, 0.3) is 0 Å². The molecule has 2 N–H and O–H groups in total. The van der Waals surface area contributed by atoms with Crippen LogP contribution in [0.2, 0.25) is 0 Å². The Morgan fingerprint density at radius 1 is 1.18 bits per heavy atom. The van der Waals surface area contributed by atoms with Crippen molar-refractivity contribution in [3.05, 3.63) is 77.9 Å². The van der Waals surface area contributed by atoms with E-state index in [1.165, 1.54) is 12.1 Å². The van der Waals surface area contributed by atoms with Crippen molar-refractivity contribution in [3.63, 3.8) is 0 Å². The molecule has 6 heteroatoms. The zero-order valence-corrected chi connectivity index (χ0v) is 15.4. The molecule has 5 nitrogen and oxygen atoms in total. The lowest BCUT2D eigenvalue weighted by molar-refractivity contribution is -0.131. The Morgan fingerprint density at radius 3 is 2.79 bits per heavy atom. The SMILES string of the molecule is Nc1ncc(-c2cccc(F)c2)c([C@@H]2CCCN2C(=O)Cc2ccccc2)n1. The molecule has 4 rings (SSSR count). The molecule has 1 amide bonds. The number of aromatic nitrogens is 2. The molecule has 3 aromatic rings. The third-order valence-electron chi connectivity index (χ3n) is 5.06. The maximum absolute atomic E-state index is 13.8. The van der Waals surface area contributed by atoms with Crippen LogP contribution in [-0.4, -0.2) is 27.3 Å². The molecular weight excluding hydrogens is 355 g/mol. The molecule has 1 saturated heterocycles. The zero-order valence-electron chi connectivity index (χ0n) is 15.4. The van der Waals surface area contributed by atoms with E-state index in [0.717, 1.165) is 18.4 Å². The molecule has 0 unspecified atom stereocenters. The van der Waals surface area contributed by atoms with Gasteiger partial charge in [0.2, 0.25) is 11.9 Å². The summed E-state index contributed by atoms with van der Waals surface area (Å²) in [5.41, 5.74) is 8.89. The average Bonchev–Trinajstić information content (AvgIpc) is 3.18. The highest BCUT2D eigenvalue weighted by Crippen LogP contribution is 2.37. The molecule has 2 aromatic carbocycles. The minimum absolute atomic E-state index is 0.0519. The number of amides is 1. The van der Waals surface area contributed by atoms with Gasteiger partial charge in [-0.3, -0.25) is 4.79 Å². The van der Waals surface area contributed by atoms with Crippen molar-refractivity contribution in [2.75, 3.05) is 12.3 Å². The molecule has 0 saturated carbocycles. The van der Waals surface area contributed by atoms with Crippen LogP contribution in [0.15, 0.2) is 60.8 Å². The maximum Gasteiger partial charge on any atom is 0.227 e. The maximum atomic E-state index is 13.8. The van der Waals surface area contributed by atoms with E-state index in [2.05, 4.69) is 9.97 Å². The first kappa shape index (κ1) is 18.1.